The monoisotopic (exact) mass is 955 g/mol. The van der Waals surface area contributed by atoms with Crippen molar-refractivity contribution in [3.63, 3.8) is 0 Å². The first-order chi connectivity index (χ1) is 31.9. The Labute approximate surface area is 418 Å². The van der Waals surface area contributed by atoms with Gasteiger partial charge < -0.3 is 37.9 Å². The molecule has 0 aromatic rings. The average Bonchev–Trinajstić information content (AvgIpc) is 3.53. The van der Waals surface area contributed by atoms with Crippen LogP contribution in [0, 0.1) is 88.8 Å². The van der Waals surface area contributed by atoms with Gasteiger partial charge in [0, 0.05) is 99.1 Å². The van der Waals surface area contributed by atoms with E-state index in [4.69, 9.17) is 37.9 Å². The van der Waals surface area contributed by atoms with Crippen LogP contribution in [-0.2, 0) is 37.9 Å². The Kier molecular flexibility index (Phi) is 38.8. The first-order valence-corrected chi connectivity index (χ1v) is 28.5. The Bertz CT molecular complexity index is 988. The highest BCUT2D eigenvalue weighted by atomic mass is 16.5. The molecule has 8 aliphatic rings. The lowest BCUT2D eigenvalue weighted by Crippen LogP contribution is -2.22. The standard InChI is InChI=1S/4C8H16O.3C7H14O.C6H12O/c2*1-7-3-4-9-6-8(2)5-7;1-7-3-4-8(2)6-9-5-7;1-7-4-3-5-9-6-8(7)2;1-6-3-7(2)5-8-4-6;1-6-3-4-8-5-7(6)2;1-6-3-4-7(2)8-5-6;1-5-3-7-4-6(5)2/h4*7-8H,3-6H2,1-2H3;3*6-7H,3-5H2,1-2H3;5-6H,3-4H2,1-2H3. The minimum Gasteiger partial charge on any atom is -0.381 e. The third-order valence-electron chi connectivity index (χ3n) is 15.3. The van der Waals surface area contributed by atoms with Gasteiger partial charge in [0.15, 0.2) is 0 Å². The number of hydrogen-bond donors (Lipinski definition) is 0. The van der Waals surface area contributed by atoms with Gasteiger partial charge in [-0.25, -0.2) is 0 Å². The highest BCUT2D eigenvalue weighted by molar-refractivity contribution is 4.68. The molecular weight excluding hydrogens is 837 g/mol. The van der Waals surface area contributed by atoms with Crippen LogP contribution in [0.1, 0.15) is 188 Å². The molecule has 8 saturated heterocycles. The zero-order chi connectivity index (χ0) is 50.0. The van der Waals surface area contributed by atoms with Crippen LogP contribution in [0.3, 0.4) is 0 Å². The van der Waals surface area contributed by atoms with Crippen LogP contribution in [0.4, 0.5) is 0 Å². The molecule has 8 rings (SSSR count). The van der Waals surface area contributed by atoms with Crippen molar-refractivity contribution in [2.24, 2.45) is 88.8 Å². The van der Waals surface area contributed by atoms with Crippen molar-refractivity contribution >= 4 is 0 Å². The molecule has 0 aliphatic carbocycles. The van der Waals surface area contributed by atoms with Gasteiger partial charge in [0.05, 0.1) is 6.10 Å². The Balaban J connectivity index is 0.000000383. The lowest BCUT2D eigenvalue weighted by Gasteiger charge is -2.24. The third-order valence-corrected chi connectivity index (χ3v) is 15.3. The molecule has 16 atom stereocenters. The second-order valence-corrected chi connectivity index (χ2v) is 24.2. The van der Waals surface area contributed by atoms with Crippen molar-refractivity contribution < 1.29 is 37.9 Å². The van der Waals surface area contributed by atoms with Gasteiger partial charge in [-0.2, -0.15) is 0 Å². The smallest absolute Gasteiger partial charge is 0.0547 e. The predicted molar refractivity (Wildman–Crippen MR) is 284 cm³/mol. The average molecular weight is 956 g/mol. The van der Waals surface area contributed by atoms with E-state index in [1.165, 1.54) is 77.0 Å². The second-order valence-electron chi connectivity index (χ2n) is 24.2. The second kappa shape index (κ2) is 40.2. The van der Waals surface area contributed by atoms with Crippen LogP contribution in [0.15, 0.2) is 0 Å². The topological polar surface area (TPSA) is 73.8 Å². The normalized spacial score (nSPS) is 39.0. The SMILES string of the molecule is CC1CCC(C)COC1.CC1CCC(C)OC1.CC1CCCOCC1C.CC1CCOCC(C)C1.CC1CCOCC(C)C1.CC1CCOCC1C.CC1COCC(C)C1.CC1COCC1C. The van der Waals surface area contributed by atoms with E-state index >= 15 is 0 Å². The van der Waals surface area contributed by atoms with Crippen LogP contribution in [0.25, 0.3) is 0 Å². The summed E-state index contributed by atoms with van der Waals surface area (Å²) in [7, 11) is 0. The summed E-state index contributed by atoms with van der Waals surface area (Å²) in [5.74, 6) is 12.1. The van der Waals surface area contributed by atoms with Crippen molar-refractivity contribution in [2.75, 3.05) is 99.1 Å². The lowest BCUT2D eigenvalue weighted by atomic mass is 9.92. The summed E-state index contributed by atoms with van der Waals surface area (Å²) in [5, 5.41) is 0. The molecule has 8 fully saturated rings. The zero-order valence-corrected chi connectivity index (χ0v) is 47.6. The summed E-state index contributed by atoms with van der Waals surface area (Å²) in [6, 6.07) is 0. The summed E-state index contributed by atoms with van der Waals surface area (Å²) < 4.78 is 42.7. The van der Waals surface area contributed by atoms with Gasteiger partial charge >= 0.3 is 0 Å². The van der Waals surface area contributed by atoms with E-state index in [0.29, 0.717) is 6.10 Å². The maximum atomic E-state index is 5.42. The summed E-state index contributed by atoms with van der Waals surface area (Å²) >= 11 is 0. The molecule has 0 aromatic carbocycles. The Morgan fingerprint density at radius 3 is 0.940 bits per heavy atom. The van der Waals surface area contributed by atoms with E-state index in [-0.39, 0.29) is 0 Å². The van der Waals surface area contributed by atoms with Gasteiger partial charge in [0.1, 0.15) is 0 Å². The maximum Gasteiger partial charge on any atom is 0.0547 e. The molecule has 0 bridgehead atoms. The molecule has 8 aliphatic heterocycles. The quantitative estimate of drug-likeness (QED) is 0.238. The molecule has 8 nitrogen and oxygen atoms in total. The van der Waals surface area contributed by atoms with E-state index in [1.54, 1.807) is 0 Å². The molecular formula is C59H118O8. The van der Waals surface area contributed by atoms with Gasteiger partial charge in [-0.05, 0) is 173 Å². The minimum absolute atomic E-state index is 0.520. The van der Waals surface area contributed by atoms with Crippen LogP contribution in [0.5, 0.6) is 0 Å². The summed E-state index contributed by atoms with van der Waals surface area (Å²) in [4.78, 5) is 0. The molecule has 16 unspecified atom stereocenters. The Morgan fingerprint density at radius 2 is 0.537 bits per heavy atom. The lowest BCUT2D eigenvalue weighted by molar-refractivity contribution is 0.000266. The molecule has 402 valence electrons. The summed E-state index contributed by atoms with van der Waals surface area (Å²) in [6.45, 7) is 50.8. The molecule has 8 heterocycles. The molecule has 0 aromatic heterocycles. The van der Waals surface area contributed by atoms with Crippen molar-refractivity contribution in [3.8, 4) is 0 Å². The largest absolute Gasteiger partial charge is 0.381 e. The van der Waals surface area contributed by atoms with Gasteiger partial charge in [-0.1, -0.05) is 104 Å². The zero-order valence-electron chi connectivity index (χ0n) is 47.6. The van der Waals surface area contributed by atoms with Gasteiger partial charge in [0.25, 0.3) is 0 Å². The van der Waals surface area contributed by atoms with Gasteiger partial charge in [-0.3, -0.25) is 0 Å². The van der Waals surface area contributed by atoms with E-state index in [0.717, 1.165) is 188 Å². The van der Waals surface area contributed by atoms with Crippen LogP contribution in [0.2, 0.25) is 0 Å². The van der Waals surface area contributed by atoms with Crippen molar-refractivity contribution in [2.45, 2.75) is 194 Å². The van der Waals surface area contributed by atoms with Crippen LogP contribution in [-0.4, -0.2) is 105 Å². The number of rotatable bonds is 0. The van der Waals surface area contributed by atoms with Crippen molar-refractivity contribution in [3.05, 3.63) is 0 Å². The first-order valence-electron chi connectivity index (χ1n) is 28.5. The fourth-order valence-corrected chi connectivity index (χ4v) is 9.38. The molecule has 67 heavy (non-hydrogen) atoms. The van der Waals surface area contributed by atoms with E-state index in [1.807, 2.05) is 0 Å². The molecule has 0 amide bonds. The molecule has 8 heteroatoms. The highest BCUT2D eigenvalue weighted by Gasteiger charge is 2.20. The predicted octanol–water partition coefficient (Wildman–Crippen LogP) is 14.7. The molecule has 0 N–H and O–H groups in total. The third kappa shape index (κ3) is 36.3. The highest BCUT2D eigenvalue weighted by Crippen LogP contribution is 2.23. The van der Waals surface area contributed by atoms with E-state index < -0.39 is 0 Å². The first kappa shape index (κ1) is 64.7. The van der Waals surface area contributed by atoms with E-state index in [2.05, 4.69) is 111 Å². The summed E-state index contributed by atoms with van der Waals surface area (Å²) in [6.07, 6.45) is 16.2. The fraction of sp³-hybridized carbons (Fsp3) is 1.00. The Morgan fingerprint density at radius 1 is 0.224 bits per heavy atom. The molecule has 0 spiro atoms. The molecule has 0 saturated carbocycles. The van der Waals surface area contributed by atoms with Crippen molar-refractivity contribution in [1.29, 1.82) is 0 Å². The number of ether oxygens (including phenoxy) is 8. The number of hydrogen-bond acceptors (Lipinski definition) is 8. The van der Waals surface area contributed by atoms with Crippen LogP contribution >= 0.6 is 0 Å². The van der Waals surface area contributed by atoms with Gasteiger partial charge in [0.2, 0.25) is 0 Å². The summed E-state index contributed by atoms with van der Waals surface area (Å²) in [5.41, 5.74) is 0. The van der Waals surface area contributed by atoms with Gasteiger partial charge in [-0.15, -0.1) is 0 Å². The van der Waals surface area contributed by atoms with Crippen molar-refractivity contribution in [1.82, 2.24) is 0 Å². The minimum atomic E-state index is 0.520. The van der Waals surface area contributed by atoms with Crippen LogP contribution < -0.4 is 0 Å². The maximum absolute atomic E-state index is 5.42. The molecule has 0 radical (unpaired) electrons. The van der Waals surface area contributed by atoms with E-state index in [9.17, 15) is 0 Å². The fourth-order valence-electron chi connectivity index (χ4n) is 9.38. The Hall–Kier alpha value is -0.320.